The van der Waals surface area contributed by atoms with Crippen LogP contribution in [0.25, 0.3) is 0 Å². The summed E-state index contributed by atoms with van der Waals surface area (Å²) in [4.78, 5) is 16.7. The second-order valence-electron chi connectivity index (χ2n) is 6.53. The number of piperidine rings is 1. The Morgan fingerprint density at radius 3 is 3.05 bits per heavy atom. The van der Waals surface area contributed by atoms with E-state index in [1.165, 1.54) is 17.5 Å². The number of rotatable bonds is 2. The molecule has 1 fully saturated rings. The molecule has 1 unspecified atom stereocenters. The van der Waals surface area contributed by atoms with Crippen LogP contribution in [0.1, 0.15) is 30.9 Å². The molecule has 0 aliphatic carbocycles. The number of hydrogen-bond acceptors (Lipinski definition) is 3. The topological polar surface area (TPSA) is 49.6 Å². The first-order chi connectivity index (χ1) is 10.1. The molecule has 21 heavy (non-hydrogen) atoms. The third-order valence-electron chi connectivity index (χ3n) is 4.75. The lowest BCUT2D eigenvalue weighted by Gasteiger charge is -2.34. The Bertz CT molecular complexity index is 529. The first-order valence-electron chi connectivity index (χ1n) is 8.00. The van der Waals surface area contributed by atoms with E-state index < -0.39 is 0 Å². The fourth-order valence-corrected chi connectivity index (χ4v) is 3.54. The van der Waals surface area contributed by atoms with Crippen LogP contribution in [0, 0.1) is 5.92 Å². The second-order valence-corrected chi connectivity index (χ2v) is 6.53. The van der Waals surface area contributed by atoms with E-state index in [1.54, 1.807) is 0 Å². The van der Waals surface area contributed by atoms with Gasteiger partial charge in [-0.1, -0.05) is 19.1 Å². The minimum absolute atomic E-state index is 0.286. The van der Waals surface area contributed by atoms with Gasteiger partial charge in [-0.25, -0.2) is 0 Å². The Labute approximate surface area is 126 Å². The van der Waals surface area contributed by atoms with Gasteiger partial charge in [-0.3, -0.25) is 9.69 Å². The number of carbonyl (C=O) groups excluding carboxylic acids is 1. The van der Waals surface area contributed by atoms with Gasteiger partial charge in [0.15, 0.2) is 0 Å². The molecule has 2 aliphatic rings. The molecule has 1 aromatic carbocycles. The average molecular weight is 287 g/mol. The summed E-state index contributed by atoms with van der Waals surface area (Å²) in [7, 11) is 0. The molecule has 1 amide bonds. The summed E-state index contributed by atoms with van der Waals surface area (Å²) in [5.41, 5.74) is 9.47. The number of likely N-dealkylation sites (tertiary alicyclic amines) is 1. The summed E-state index contributed by atoms with van der Waals surface area (Å²) < 4.78 is 0. The van der Waals surface area contributed by atoms with E-state index in [0.29, 0.717) is 12.5 Å². The van der Waals surface area contributed by atoms with Crippen LogP contribution in [0.3, 0.4) is 0 Å². The van der Waals surface area contributed by atoms with E-state index in [9.17, 15) is 4.79 Å². The quantitative estimate of drug-likeness (QED) is 0.845. The van der Waals surface area contributed by atoms with E-state index in [1.807, 2.05) is 17.0 Å². The van der Waals surface area contributed by atoms with Crippen LogP contribution in [0.15, 0.2) is 18.2 Å². The first kappa shape index (κ1) is 14.4. The van der Waals surface area contributed by atoms with Crippen molar-refractivity contribution in [3.8, 4) is 0 Å². The van der Waals surface area contributed by atoms with Crippen LogP contribution in [0.4, 0.5) is 5.69 Å². The molecule has 0 saturated carbocycles. The van der Waals surface area contributed by atoms with E-state index >= 15 is 0 Å². The van der Waals surface area contributed by atoms with Crippen LogP contribution in [-0.4, -0.2) is 41.9 Å². The summed E-state index contributed by atoms with van der Waals surface area (Å²) in [6, 6.07) is 6.10. The number of benzene rings is 1. The summed E-state index contributed by atoms with van der Waals surface area (Å²) in [5.74, 6) is 0.929. The van der Waals surface area contributed by atoms with Crippen LogP contribution in [0.2, 0.25) is 0 Å². The molecule has 3 rings (SSSR count). The molecule has 1 aromatic rings. The third-order valence-corrected chi connectivity index (χ3v) is 4.75. The van der Waals surface area contributed by atoms with Crippen LogP contribution in [0.5, 0.6) is 0 Å². The van der Waals surface area contributed by atoms with Crippen molar-refractivity contribution in [3.05, 3.63) is 29.3 Å². The average Bonchev–Trinajstić information content (AvgIpc) is 2.47. The number of nitrogens with two attached hydrogens (primary N) is 1. The van der Waals surface area contributed by atoms with Crippen molar-refractivity contribution in [2.24, 2.45) is 5.92 Å². The number of carbonyl (C=O) groups is 1. The normalized spacial score (nSPS) is 22.9. The summed E-state index contributed by atoms with van der Waals surface area (Å²) >= 11 is 0. The summed E-state index contributed by atoms with van der Waals surface area (Å²) in [6.07, 6.45) is 3.35. The summed E-state index contributed by atoms with van der Waals surface area (Å²) in [6.45, 7) is 6.41. The summed E-state index contributed by atoms with van der Waals surface area (Å²) in [5, 5.41) is 0. The zero-order chi connectivity index (χ0) is 14.8. The van der Waals surface area contributed by atoms with Crippen molar-refractivity contribution in [2.45, 2.75) is 32.7 Å². The standard InChI is InChI=1S/C17H25N3O/c1-13-4-3-8-20(10-13)17(21)12-19-9-7-15-14(11-19)5-2-6-16(15)18/h2,5-6,13H,3-4,7-12,18H2,1H3. The molecule has 0 bridgehead atoms. The molecule has 2 heterocycles. The van der Waals surface area contributed by atoms with Gasteiger partial charge in [-0.15, -0.1) is 0 Å². The van der Waals surface area contributed by atoms with Gasteiger partial charge >= 0.3 is 0 Å². The molecular weight excluding hydrogens is 262 g/mol. The van der Waals surface area contributed by atoms with Crippen molar-refractivity contribution < 1.29 is 4.79 Å². The highest BCUT2D eigenvalue weighted by atomic mass is 16.2. The highest BCUT2D eigenvalue weighted by Crippen LogP contribution is 2.24. The minimum Gasteiger partial charge on any atom is -0.398 e. The maximum atomic E-state index is 12.5. The zero-order valence-corrected chi connectivity index (χ0v) is 12.8. The van der Waals surface area contributed by atoms with Gasteiger partial charge in [-0.05, 0) is 42.4 Å². The number of amides is 1. The first-order valence-corrected chi connectivity index (χ1v) is 8.00. The molecule has 4 nitrogen and oxygen atoms in total. The SMILES string of the molecule is CC1CCCN(C(=O)CN2CCc3c(N)cccc3C2)C1. The van der Waals surface area contributed by atoms with Gasteiger partial charge in [0, 0.05) is 31.9 Å². The molecule has 1 saturated heterocycles. The third kappa shape index (κ3) is 3.21. The second kappa shape index (κ2) is 6.06. The molecule has 2 aliphatic heterocycles. The Balaban J connectivity index is 1.60. The van der Waals surface area contributed by atoms with Crippen molar-refractivity contribution >= 4 is 11.6 Å². The van der Waals surface area contributed by atoms with Gasteiger partial charge in [0.05, 0.1) is 6.54 Å². The smallest absolute Gasteiger partial charge is 0.236 e. The fourth-order valence-electron chi connectivity index (χ4n) is 3.54. The minimum atomic E-state index is 0.286. The molecule has 0 radical (unpaired) electrons. The van der Waals surface area contributed by atoms with E-state index in [-0.39, 0.29) is 5.91 Å². The number of nitrogen functional groups attached to an aromatic ring is 1. The van der Waals surface area contributed by atoms with Crippen molar-refractivity contribution in [1.29, 1.82) is 0 Å². The van der Waals surface area contributed by atoms with Crippen LogP contribution >= 0.6 is 0 Å². The monoisotopic (exact) mass is 287 g/mol. The van der Waals surface area contributed by atoms with Crippen molar-refractivity contribution in [3.63, 3.8) is 0 Å². The van der Waals surface area contributed by atoms with E-state index in [4.69, 9.17) is 5.73 Å². The van der Waals surface area contributed by atoms with Gasteiger partial charge in [0.2, 0.25) is 5.91 Å². The Morgan fingerprint density at radius 1 is 1.38 bits per heavy atom. The van der Waals surface area contributed by atoms with E-state index in [0.717, 1.165) is 44.7 Å². The lowest BCUT2D eigenvalue weighted by atomic mass is 9.97. The lowest BCUT2D eigenvalue weighted by molar-refractivity contribution is -0.134. The predicted molar refractivity (Wildman–Crippen MR) is 84.8 cm³/mol. The maximum Gasteiger partial charge on any atom is 0.236 e. The maximum absolute atomic E-state index is 12.5. The number of anilines is 1. The molecule has 0 aromatic heterocycles. The fraction of sp³-hybridized carbons (Fsp3) is 0.588. The highest BCUT2D eigenvalue weighted by Gasteiger charge is 2.24. The molecule has 2 N–H and O–H groups in total. The van der Waals surface area contributed by atoms with E-state index in [2.05, 4.69) is 17.9 Å². The predicted octanol–water partition coefficient (Wildman–Crippen LogP) is 1.89. The molecule has 0 spiro atoms. The van der Waals surface area contributed by atoms with Gasteiger partial charge < -0.3 is 10.6 Å². The Hall–Kier alpha value is -1.55. The van der Waals surface area contributed by atoms with Gasteiger partial charge in [-0.2, -0.15) is 0 Å². The highest BCUT2D eigenvalue weighted by molar-refractivity contribution is 5.78. The van der Waals surface area contributed by atoms with Crippen LogP contribution in [-0.2, 0) is 17.8 Å². The zero-order valence-electron chi connectivity index (χ0n) is 12.8. The number of nitrogens with zero attached hydrogens (tertiary/aromatic N) is 2. The molecular formula is C17H25N3O. The number of fused-ring (bicyclic) bond motifs is 1. The Morgan fingerprint density at radius 2 is 2.24 bits per heavy atom. The lowest BCUT2D eigenvalue weighted by Crippen LogP contribution is -2.45. The molecule has 114 valence electrons. The Kier molecular flexibility index (Phi) is 4.15. The largest absolute Gasteiger partial charge is 0.398 e. The molecule has 1 atom stereocenters. The number of hydrogen-bond donors (Lipinski definition) is 1. The van der Waals surface area contributed by atoms with Crippen LogP contribution < -0.4 is 5.73 Å². The van der Waals surface area contributed by atoms with Crippen molar-refractivity contribution in [2.75, 3.05) is 31.9 Å². The molecule has 4 heteroatoms. The van der Waals surface area contributed by atoms with Crippen molar-refractivity contribution in [1.82, 2.24) is 9.80 Å². The van der Waals surface area contributed by atoms with Gasteiger partial charge in [0.25, 0.3) is 0 Å². The van der Waals surface area contributed by atoms with Gasteiger partial charge in [0.1, 0.15) is 0 Å².